The van der Waals surface area contributed by atoms with Gasteiger partial charge in [0.15, 0.2) is 5.71 Å². The number of hydrogen-bond donors (Lipinski definition) is 2. The number of rotatable bonds is 12. The Morgan fingerprint density at radius 1 is 1.29 bits per heavy atom. The van der Waals surface area contributed by atoms with Crippen LogP contribution in [0.25, 0.3) is 0 Å². The van der Waals surface area contributed by atoms with Crippen molar-refractivity contribution in [1.29, 1.82) is 5.26 Å². The van der Waals surface area contributed by atoms with E-state index in [0.29, 0.717) is 12.1 Å². The molecule has 1 saturated carbocycles. The molecule has 2 rings (SSSR count). The summed E-state index contributed by atoms with van der Waals surface area (Å²) >= 11 is 0. The molecule has 0 bridgehead atoms. The number of allylic oxidation sites excluding steroid dienone is 2. The summed E-state index contributed by atoms with van der Waals surface area (Å²) in [5.41, 5.74) is 4.76. The van der Waals surface area contributed by atoms with E-state index in [2.05, 4.69) is 59.0 Å². The summed E-state index contributed by atoms with van der Waals surface area (Å²) in [5, 5.41) is 16.0. The first kappa shape index (κ1) is 26.7. The van der Waals surface area contributed by atoms with Crippen molar-refractivity contribution in [2.45, 2.75) is 71.3 Å². The summed E-state index contributed by atoms with van der Waals surface area (Å²) in [7, 11) is 0. The summed E-state index contributed by atoms with van der Waals surface area (Å²) in [5.74, 6) is 5.38. The van der Waals surface area contributed by atoms with E-state index < -0.39 is 0 Å². The molecular weight excluding hydrogens is 424 g/mol. The van der Waals surface area contributed by atoms with Crippen LogP contribution < -0.4 is 11.2 Å². The van der Waals surface area contributed by atoms with Gasteiger partial charge in [-0.2, -0.15) is 10.4 Å². The van der Waals surface area contributed by atoms with E-state index in [1.807, 2.05) is 19.1 Å². The summed E-state index contributed by atoms with van der Waals surface area (Å²) in [4.78, 5) is 21.4. The van der Waals surface area contributed by atoms with Gasteiger partial charge in [0.1, 0.15) is 0 Å². The maximum Gasteiger partial charge on any atom is 0.273 e. The lowest BCUT2D eigenvalue weighted by Gasteiger charge is -2.36. The van der Waals surface area contributed by atoms with Crippen LogP contribution in [0.1, 0.15) is 75.0 Å². The van der Waals surface area contributed by atoms with E-state index in [9.17, 15) is 10.1 Å². The molecule has 1 amide bonds. The third-order valence-electron chi connectivity index (χ3n) is 5.75. The standard InChI is InChI=1S/C27H36N6O/c1-5-7-9-21(17-31-20(4)8-6-2)16-30-18-26(33-29)27(34)32-24-13-23(14-24)25-12-19(3)10-11-22(25)15-28/h9-12,17-18,23-24H,4-8,13-14,16,29H2,1-3H3,(H,32,34)/b21-9-,30-18?,31-17?,33-26+. The number of nitrogens with one attached hydrogen (secondary N) is 1. The van der Waals surface area contributed by atoms with Crippen molar-refractivity contribution in [3.63, 3.8) is 0 Å². The first-order chi connectivity index (χ1) is 16.4. The molecule has 0 heterocycles. The predicted octanol–water partition coefficient (Wildman–Crippen LogP) is 4.73. The smallest absolute Gasteiger partial charge is 0.273 e. The largest absolute Gasteiger partial charge is 0.348 e. The quantitative estimate of drug-likeness (QED) is 0.267. The second-order valence-electron chi connectivity index (χ2n) is 8.67. The van der Waals surface area contributed by atoms with Crippen LogP contribution in [0, 0.1) is 18.3 Å². The normalized spacial score (nSPS) is 18.6. The molecule has 0 spiro atoms. The molecule has 1 aliphatic rings. The molecule has 0 aromatic heterocycles. The number of amides is 1. The first-order valence-corrected chi connectivity index (χ1v) is 11.9. The third-order valence-corrected chi connectivity index (χ3v) is 5.75. The van der Waals surface area contributed by atoms with E-state index >= 15 is 0 Å². The lowest BCUT2D eigenvalue weighted by atomic mass is 9.74. The Morgan fingerprint density at radius 2 is 2.06 bits per heavy atom. The van der Waals surface area contributed by atoms with Crippen LogP contribution in [-0.2, 0) is 4.79 Å². The molecule has 34 heavy (non-hydrogen) atoms. The van der Waals surface area contributed by atoms with Gasteiger partial charge in [-0.15, -0.1) is 0 Å². The monoisotopic (exact) mass is 460 g/mol. The summed E-state index contributed by atoms with van der Waals surface area (Å²) in [6, 6.07) is 8.15. The topological polar surface area (TPSA) is 116 Å². The Bertz CT molecular complexity index is 1020. The van der Waals surface area contributed by atoms with Crippen LogP contribution in [0.3, 0.4) is 0 Å². The Hall–Kier alpha value is -3.53. The number of benzene rings is 1. The highest BCUT2D eigenvalue weighted by molar-refractivity contribution is 6.60. The molecule has 0 unspecified atom stereocenters. The van der Waals surface area contributed by atoms with Crippen LogP contribution in [0.2, 0.25) is 0 Å². The number of unbranched alkanes of at least 4 members (excludes halogenated alkanes) is 1. The zero-order valence-electron chi connectivity index (χ0n) is 20.6. The highest BCUT2D eigenvalue weighted by Crippen LogP contribution is 2.38. The number of hydrogen-bond acceptors (Lipinski definition) is 6. The average molecular weight is 461 g/mol. The van der Waals surface area contributed by atoms with Crippen LogP contribution in [-0.4, -0.2) is 36.6 Å². The zero-order chi connectivity index (χ0) is 24.9. The lowest BCUT2D eigenvalue weighted by Crippen LogP contribution is -2.46. The molecule has 1 aliphatic carbocycles. The predicted molar refractivity (Wildman–Crippen MR) is 140 cm³/mol. The highest BCUT2D eigenvalue weighted by atomic mass is 16.2. The van der Waals surface area contributed by atoms with Crippen molar-refractivity contribution < 1.29 is 4.79 Å². The minimum absolute atomic E-state index is 0.0198. The van der Waals surface area contributed by atoms with E-state index in [4.69, 9.17) is 5.84 Å². The summed E-state index contributed by atoms with van der Waals surface area (Å²) in [6.07, 6.45) is 10.7. The van der Waals surface area contributed by atoms with Gasteiger partial charge in [0.2, 0.25) is 0 Å². The number of aryl methyl sites for hydroxylation is 1. The lowest BCUT2D eigenvalue weighted by molar-refractivity contribution is -0.115. The minimum atomic E-state index is -0.344. The second kappa shape index (κ2) is 13.9. The van der Waals surface area contributed by atoms with Gasteiger partial charge in [-0.1, -0.05) is 57.0 Å². The Labute approximate surface area is 203 Å². The molecule has 3 N–H and O–H groups in total. The van der Waals surface area contributed by atoms with E-state index in [1.54, 1.807) is 6.21 Å². The summed E-state index contributed by atoms with van der Waals surface area (Å²) in [6.45, 7) is 10.6. The van der Waals surface area contributed by atoms with Crippen molar-refractivity contribution in [1.82, 2.24) is 5.32 Å². The first-order valence-electron chi connectivity index (χ1n) is 11.9. The molecule has 7 heteroatoms. The molecular formula is C27H36N6O. The maximum atomic E-state index is 12.6. The van der Waals surface area contributed by atoms with Crippen molar-refractivity contribution in [2.24, 2.45) is 20.9 Å². The fourth-order valence-corrected chi connectivity index (χ4v) is 3.77. The molecule has 180 valence electrons. The number of carbonyl (C=O) groups is 1. The SMILES string of the molecule is C=C(CCC)N=C/C(=C\CCC)CN=C/C(=N\N)C(=O)NC1CC(c2cc(C)ccc2C#N)C1. The fourth-order valence-electron chi connectivity index (χ4n) is 3.77. The number of nitriles is 1. The molecule has 7 nitrogen and oxygen atoms in total. The number of aliphatic imine (C=N–C) groups is 2. The molecule has 0 aliphatic heterocycles. The maximum absolute atomic E-state index is 12.6. The van der Waals surface area contributed by atoms with E-state index in [-0.39, 0.29) is 23.6 Å². The van der Waals surface area contributed by atoms with Crippen LogP contribution >= 0.6 is 0 Å². The Balaban J connectivity index is 1.92. The van der Waals surface area contributed by atoms with Crippen molar-refractivity contribution in [2.75, 3.05) is 6.54 Å². The van der Waals surface area contributed by atoms with Gasteiger partial charge in [-0.3, -0.25) is 14.8 Å². The minimum Gasteiger partial charge on any atom is -0.348 e. The van der Waals surface area contributed by atoms with Crippen LogP contribution in [0.15, 0.2) is 57.2 Å². The molecule has 0 atom stereocenters. The van der Waals surface area contributed by atoms with Gasteiger partial charge >= 0.3 is 0 Å². The van der Waals surface area contributed by atoms with Gasteiger partial charge in [-0.25, -0.2) is 0 Å². The van der Waals surface area contributed by atoms with Crippen molar-refractivity contribution >= 4 is 24.0 Å². The fraction of sp³-hybridized carbons (Fsp3) is 0.444. The third kappa shape index (κ3) is 8.11. The van der Waals surface area contributed by atoms with Crippen LogP contribution in [0.4, 0.5) is 0 Å². The van der Waals surface area contributed by atoms with E-state index in [1.165, 1.54) is 6.21 Å². The number of carbonyl (C=O) groups excluding carboxylic acids is 1. The Morgan fingerprint density at radius 3 is 2.71 bits per heavy atom. The molecule has 1 aromatic rings. The molecule has 0 saturated heterocycles. The number of nitrogens with two attached hydrogens (primary N) is 1. The average Bonchev–Trinajstić information content (AvgIpc) is 2.80. The second-order valence-corrected chi connectivity index (χ2v) is 8.67. The van der Waals surface area contributed by atoms with Gasteiger partial charge in [0.05, 0.1) is 24.4 Å². The zero-order valence-corrected chi connectivity index (χ0v) is 20.6. The van der Waals surface area contributed by atoms with Gasteiger partial charge in [0, 0.05) is 18.0 Å². The highest BCUT2D eigenvalue weighted by Gasteiger charge is 2.33. The van der Waals surface area contributed by atoms with Crippen molar-refractivity contribution in [3.8, 4) is 6.07 Å². The van der Waals surface area contributed by atoms with Crippen LogP contribution in [0.5, 0.6) is 0 Å². The molecule has 0 radical (unpaired) electrons. The number of hydrazone groups is 1. The van der Waals surface area contributed by atoms with Gasteiger partial charge in [0.25, 0.3) is 5.91 Å². The van der Waals surface area contributed by atoms with E-state index in [0.717, 1.165) is 60.9 Å². The summed E-state index contributed by atoms with van der Waals surface area (Å²) < 4.78 is 0. The van der Waals surface area contributed by atoms with Gasteiger partial charge < -0.3 is 11.2 Å². The molecule has 1 aromatic carbocycles. The molecule has 1 fully saturated rings. The number of nitrogens with zero attached hydrogens (tertiary/aromatic N) is 4. The van der Waals surface area contributed by atoms with Gasteiger partial charge in [-0.05, 0) is 55.7 Å². The Kier molecular flexibility index (Phi) is 10.9. The van der Waals surface area contributed by atoms with Crippen molar-refractivity contribution in [3.05, 3.63) is 58.8 Å².